The molecule has 3 aliphatic rings. The van der Waals surface area contributed by atoms with Crippen molar-refractivity contribution < 1.29 is 4.74 Å². The maximum Gasteiger partial charge on any atom is 0.0685 e. The maximum atomic E-state index is 6.02. The second-order valence-corrected chi connectivity index (χ2v) is 6.31. The van der Waals surface area contributed by atoms with Crippen LogP contribution in [-0.4, -0.2) is 18.2 Å². The molecule has 0 amide bonds. The fourth-order valence-corrected chi connectivity index (χ4v) is 4.00. The molecular formula is C14H25NO. The van der Waals surface area contributed by atoms with E-state index in [0.29, 0.717) is 11.6 Å². The molecule has 0 aromatic carbocycles. The van der Waals surface area contributed by atoms with Crippen LogP contribution in [0.2, 0.25) is 0 Å². The lowest BCUT2D eigenvalue weighted by molar-refractivity contribution is -0.151. The van der Waals surface area contributed by atoms with Gasteiger partial charge in [-0.3, -0.25) is 0 Å². The summed E-state index contributed by atoms with van der Waals surface area (Å²) in [6.07, 6.45) is 12.0. The van der Waals surface area contributed by atoms with Crippen LogP contribution in [0.5, 0.6) is 0 Å². The van der Waals surface area contributed by atoms with Gasteiger partial charge in [0.15, 0.2) is 0 Å². The average molecular weight is 223 g/mol. The largest absolute Gasteiger partial charge is 0.375 e. The van der Waals surface area contributed by atoms with Gasteiger partial charge in [0.05, 0.1) is 5.60 Å². The maximum absolute atomic E-state index is 6.02. The highest BCUT2D eigenvalue weighted by Crippen LogP contribution is 2.47. The molecule has 92 valence electrons. The van der Waals surface area contributed by atoms with Gasteiger partial charge < -0.3 is 10.5 Å². The van der Waals surface area contributed by atoms with Gasteiger partial charge in [-0.1, -0.05) is 0 Å². The third-order valence-electron chi connectivity index (χ3n) is 5.28. The molecule has 2 saturated carbocycles. The van der Waals surface area contributed by atoms with Crippen LogP contribution >= 0.6 is 0 Å². The first kappa shape index (κ1) is 11.0. The Balaban J connectivity index is 1.57. The molecule has 3 fully saturated rings. The van der Waals surface area contributed by atoms with Crippen LogP contribution in [0.4, 0.5) is 0 Å². The van der Waals surface area contributed by atoms with E-state index in [0.717, 1.165) is 18.4 Å². The van der Waals surface area contributed by atoms with Crippen LogP contribution in [0.3, 0.4) is 0 Å². The Morgan fingerprint density at radius 3 is 2.31 bits per heavy atom. The van der Waals surface area contributed by atoms with Crippen LogP contribution in [0.15, 0.2) is 0 Å². The number of ether oxygens (including phenoxy) is 1. The van der Waals surface area contributed by atoms with Crippen molar-refractivity contribution in [2.45, 2.75) is 69.4 Å². The molecule has 1 atom stereocenters. The Morgan fingerprint density at radius 1 is 0.938 bits per heavy atom. The zero-order chi connectivity index (χ0) is 11.0. The summed E-state index contributed by atoms with van der Waals surface area (Å²) in [5, 5.41) is 0. The molecule has 2 N–H and O–H groups in total. The summed E-state index contributed by atoms with van der Waals surface area (Å²) < 4.78 is 6.02. The van der Waals surface area contributed by atoms with E-state index in [1.165, 1.54) is 57.8 Å². The Hall–Kier alpha value is -0.0800. The van der Waals surface area contributed by atoms with Crippen molar-refractivity contribution in [3.05, 3.63) is 0 Å². The minimum atomic E-state index is 0.336. The molecule has 0 radical (unpaired) electrons. The summed E-state index contributed by atoms with van der Waals surface area (Å²) >= 11 is 0. The third-order valence-corrected chi connectivity index (χ3v) is 5.28. The molecule has 16 heavy (non-hydrogen) atoms. The van der Waals surface area contributed by atoms with Crippen LogP contribution in [0.1, 0.15) is 57.8 Å². The van der Waals surface area contributed by atoms with E-state index in [9.17, 15) is 0 Å². The zero-order valence-electron chi connectivity index (χ0n) is 10.3. The topological polar surface area (TPSA) is 35.2 Å². The van der Waals surface area contributed by atoms with E-state index in [1.807, 2.05) is 0 Å². The third kappa shape index (κ3) is 2.02. The minimum Gasteiger partial charge on any atom is -0.375 e. The summed E-state index contributed by atoms with van der Waals surface area (Å²) in [5.41, 5.74) is 6.33. The Kier molecular flexibility index (Phi) is 2.97. The van der Waals surface area contributed by atoms with Crippen molar-refractivity contribution >= 4 is 0 Å². The summed E-state index contributed by atoms with van der Waals surface area (Å²) in [6.45, 7) is 1.02. The van der Waals surface area contributed by atoms with Gasteiger partial charge in [-0.25, -0.2) is 0 Å². The Bertz CT molecular complexity index is 241. The quantitative estimate of drug-likeness (QED) is 0.742. The van der Waals surface area contributed by atoms with E-state index in [1.54, 1.807) is 0 Å². The molecule has 1 spiro atoms. The van der Waals surface area contributed by atoms with E-state index in [-0.39, 0.29) is 0 Å². The first-order chi connectivity index (χ1) is 7.77. The fraction of sp³-hybridized carbons (Fsp3) is 1.00. The van der Waals surface area contributed by atoms with Gasteiger partial charge in [-0.2, -0.15) is 0 Å². The summed E-state index contributed by atoms with van der Waals surface area (Å²) in [7, 11) is 0. The fourth-order valence-electron chi connectivity index (χ4n) is 4.00. The highest BCUT2D eigenvalue weighted by Gasteiger charge is 2.44. The van der Waals surface area contributed by atoms with E-state index in [4.69, 9.17) is 10.5 Å². The van der Waals surface area contributed by atoms with E-state index in [2.05, 4.69) is 0 Å². The SMILES string of the molecule is NC1CCC(C2CCOC3(CCC3)C2)CC1. The van der Waals surface area contributed by atoms with Crippen molar-refractivity contribution in [1.29, 1.82) is 0 Å². The number of hydrogen-bond donors (Lipinski definition) is 1. The molecule has 3 rings (SSSR count). The van der Waals surface area contributed by atoms with Gasteiger partial charge in [0.2, 0.25) is 0 Å². The van der Waals surface area contributed by atoms with Crippen LogP contribution in [-0.2, 0) is 4.74 Å². The van der Waals surface area contributed by atoms with Gasteiger partial charge in [-0.05, 0) is 69.6 Å². The smallest absolute Gasteiger partial charge is 0.0685 e. The molecule has 1 saturated heterocycles. The van der Waals surface area contributed by atoms with Gasteiger partial charge in [0.1, 0.15) is 0 Å². The first-order valence-electron chi connectivity index (χ1n) is 7.17. The van der Waals surface area contributed by atoms with Crippen molar-refractivity contribution in [2.75, 3.05) is 6.61 Å². The lowest BCUT2D eigenvalue weighted by Gasteiger charge is -2.49. The zero-order valence-corrected chi connectivity index (χ0v) is 10.3. The van der Waals surface area contributed by atoms with Crippen molar-refractivity contribution in [1.82, 2.24) is 0 Å². The molecule has 0 aromatic heterocycles. The Morgan fingerprint density at radius 2 is 1.69 bits per heavy atom. The molecule has 1 unspecified atom stereocenters. The summed E-state index contributed by atoms with van der Waals surface area (Å²) in [4.78, 5) is 0. The molecule has 1 heterocycles. The lowest BCUT2D eigenvalue weighted by Crippen LogP contribution is -2.47. The van der Waals surface area contributed by atoms with Crippen LogP contribution < -0.4 is 5.73 Å². The normalized spacial score (nSPS) is 42.9. The molecule has 2 heteroatoms. The molecule has 1 aliphatic heterocycles. The monoisotopic (exact) mass is 223 g/mol. The molecule has 2 nitrogen and oxygen atoms in total. The first-order valence-corrected chi connectivity index (χ1v) is 7.17. The highest BCUT2D eigenvalue weighted by molar-refractivity contribution is 4.96. The van der Waals surface area contributed by atoms with Crippen molar-refractivity contribution in [3.8, 4) is 0 Å². The molecule has 2 aliphatic carbocycles. The lowest BCUT2D eigenvalue weighted by atomic mass is 9.66. The highest BCUT2D eigenvalue weighted by atomic mass is 16.5. The van der Waals surface area contributed by atoms with Crippen molar-refractivity contribution in [2.24, 2.45) is 17.6 Å². The van der Waals surface area contributed by atoms with E-state index < -0.39 is 0 Å². The summed E-state index contributed by atoms with van der Waals surface area (Å²) in [6, 6.07) is 0.494. The van der Waals surface area contributed by atoms with Gasteiger partial charge in [0, 0.05) is 12.6 Å². The number of nitrogens with two attached hydrogens (primary N) is 1. The minimum absolute atomic E-state index is 0.336. The second kappa shape index (κ2) is 4.30. The predicted octanol–water partition coefficient (Wildman–Crippen LogP) is 2.85. The molecule has 0 aromatic rings. The van der Waals surface area contributed by atoms with E-state index >= 15 is 0 Å². The molecule has 0 bridgehead atoms. The number of hydrogen-bond acceptors (Lipinski definition) is 2. The second-order valence-electron chi connectivity index (χ2n) is 6.31. The van der Waals surface area contributed by atoms with Gasteiger partial charge in [0.25, 0.3) is 0 Å². The molecular weight excluding hydrogens is 198 g/mol. The van der Waals surface area contributed by atoms with Gasteiger partial charge >= 0.3 is 0 Å². The Labute approximate surface area is 98.9 Å². The standard InChI is InChI=1S/C14H25NO/c15-13-4-2-11(3-5-13)12-6-9-16-14(10-12)7-1-8-14/h11-13H,1-10,15H2. The van der Waals surface area contributed by atoms with Crippen LogP contribution in [0.25, 0.3) is 0 Å². The number of rotatable bonds is 1. The predicted molar refractivity (Wildman–Crippen MR) is 65.2 cm³/mol. The average Bonchev–Trinajstić information content (AvgIpc) is 2.28. The van der Waals surface area contributed by atoms with Gasteiger partial charge in [-0.15, -0.1) is 0 Å². The van der Waals surface area contributed by atoms with Crippen LogP contribution in [0, 0.1) is 11.8 Å². The summed E-state index contributed by atoms with van der Waals surface area (Å²) in [5.74, 6) is 1.91. The van der Waals surface area contributed by atoms with Crippen molar-refractivity contribution in [3.63, 3.8) is 0 Å².